The fraction of sp³-hybridized carbons (Fsp3) is 0.938. The number of hydrogen-bond acceptors (Lipinski definition) is 3. The number of likely N-dealkylation sites (N-methyl/N-ethyl adjacent to an activating group) is 1. The normalized spacial score (nSPS) is 19.2. The van der Waals surface area contributed by atoms with E-state index in [1.165, 1.54) is 0 Å². The molecule has 0 aromatic heterocycles. The number of ketones is 1. The van der Waals surface area contributed by atoms with Crippen LogP contribution in [0.15, 0.2) is 0 Å². The molecule has 20 heavy (non-hydrogen) atoms. The van der Waals surface area contributed by atoms with Crippen LogP contribution in [0.2, 0.25) is 6.82 Å². The summed E-state index contributed by atoms with van der Waals surface area (Å²) < 4.78 is 0. The van der Waals surface area contributed by atoms with Gasteiger partial charge in [-0.25, -0.2) is 0 Å². The lowest BCUT2D eigenvalue weighted by atomic mass is 9.67. The number of carbonyl (C=O) groups excluding carboxylic acids is 1. The Balaban J connectivity index is 5.29. The van der Waals surface area contributed by atoms with E-state index in [1.54, 1.807) is 0 Å². The van der Waals surface area contributed by atoms with Gasteiger partial charge in [-0.15, -0.1) is 0 Å². The minimum absolute atomic E-state index is 0.0248. The molecule has 118 valence electrons. The van der Waals surface area contributed by atoms with E-state index >= 15 is 0 Å². The Labute approximate surface area is 126 Å². The molecule has 0 spiro atoms. The molecule has 0 aliphatic rings. The molecule has 0 saturated carbocycles. The monoisotopic (exact) mass is 282 g/mol. The Hall–Kier alpha value is -0.345. The number of nitrogens with one attached hydrogen (secondary N) is 2. The van der Waals surface area contributed by atoms with Crippen molar-refractivity contribution in [1.82, 2.24) is 10.5 Å². The first kappa shape index (κ1) is 19.7. The zero-order chi connectivity index (χ0) is 16.0. The minimum Gasteiger partial charge on any atom is -0.354 e. The van der Waals surface area contributed by atoms with Crippen LogP contribution >= 0.6 is 0 Å². The van der Waals surface area contributed by atoms with Crippen molar-refractivity contribution in [2.75, 3.05) is 7.05 Å². The molecule has 3 unspecified atom stereocenters. The van der Waals surface area contributed by atoms with Gasteiger partial charge in [0.15, 0.2) is 13.2 Å². The lowest BCUT2D eigenvalue weighted by molar-refractivity contribution is -0.127. The van der Waals surface area contributed by atoms with Crippen LogP contribution in [0, 0.1) is 11.3 Å². The number of hydrogen-bond donors (Lipinski definition) is 2. The molecule has 0 rings (SSSR count). The Kier molecular flexibility index (Phi) is 8.04. The van der Waals surface area contributed by atoms with Crippen LogP contribution in [0.25, 0.3) is 0 Å². The second-order valence-corrected chi connectivity index (χ2v) is 6.91. The summed E-state index contributed by atoms with van der Waals surface area (Å²) in [6.45, 7) is 15.1. The molecule has 0 aliphatic carbocycles. The molecule has 0 saturated heterocycles. The average Bonchev–Trinajstić information content (AvgIpc) is 2.39. The van der Waals surface area contributed by atoms with Gasteiger partial charge in [0.1, 0.15) is 0 Å². The third-order valence-corrected chi connectivity index (χ3v) is 4.82. The van der Waals surface area contributed by atoms with Crippen molar-refractivity contribution in [2.24, 2.45) is 11.3 Å². The lowest BCUT2D eigenvalue weighted by Crippen LogP contribution is -2.55. The van der Waals surface area contributed by atoms with E-state index in [4.69, 9.17) is 0 Å². The smallest absolute Gasteiger partial charge is 0.198 e. The summed E-state index contributed by atoms with van der Waals surface area (Å²) in [6, 6.07) is -0.0722. The predicted octanol–water partition coefficient (Wildman–Crippen LogP) is 2.76. The molecule has 3 nitrogen and oxygen atoms in total. The first-order valence-electron chi connectivity index (χ1n) is 8.15. The van der Waals surface area contributed by atoms with Crippen LogP contribution in [0.5, 0.6) is 0 Å². The first-order chi connectivity index (χ1) is 9.19. The quantitative estimate of drug-likeness (QED) is 0.605. The second-order valence-electron chi connectivity index (χ2n) is 6.91. The summed E-state index contributed by atoms with van der Waals surface area (Å²) in [7, 11) is 2.88. The molecule has 0 aliphatic heterocycles. The standard InChI is InChI=1S/C16H35BN2O/c1-9-15(5,11-16(6,10-2)19-17-7)14(18-8)13(20)12(3)4/h12,14,17-19H,9-11H2,1-8H3. The molecular formula is C16H35BN2O. The van der Waals surface area contributed by atoms with Crippen molar-refractivity contribution >= 4 is 13.2 Å². The van der Waals surface area contributed by atoms with E-state index in [-0.39, 0.29) is 22.9 Å². The molecule has 0 aromatic rings. The summed E-state index contributed by atoms with van der Waals surface area (Å²) in [4.78, 5) is 12.5. The van der Waals surface area contributed by atoms with Crippen LogP contribution < -0.4 is 10.5 Å². The van der Waals surface area contributed by atoms with Crippen LogP contribution in [0.4, 0.5) is 0 Å². The van der Waals surface area contributed by atoms with Crippen molar-refractivity contribution < 1.29 is 4.79 Å². The van der Waals surface area contributed by atoms with Gasteiger partial charge < -0.3 is 10.5 Å². The van der Waals surface area contributed by atoms with Gasteiger partial charge in [-0.3, -0.25) is 4.79 Å². The van der Waals surface area contributed by atoms with Crippen molar-refractivity contribution in [3.63, 3.8) is 0 Å². The van der Waals surface area contributed by atoms with Crippen LogP contribution in [-0.2, 0) is 4.79 Å². The van der Waals surface area contributed by atoms with Crippen molar-refractivity contribution in [3.05, 3.63) is 0 Å². The zero-order valence-electron chi connectivity index (χ0n) is 14.9. The Morgan fingerprint density at radius 2 is 1.75 bits per heavy atom. The molecule has 0 fully saturated rings. The van der Waals surface area contributed by atoms with Gasteiger partial charge in [0, 0.05) is 11.5 Å². The summed E-state index contributed by atoms with van der Waals surface area (Å²) in [5.74, 6) is 0.400. The maximum atomic E-state index is 12.5. The third-order valence-electron chi connectivity index (χ3n) is 4.82. The zero-order valence-corrected chi connectivity index (χ0v) is 14.9. The number of rotatable bonds is 10. The van der Waals surface area contributed by atoms with Gasteiger partial charge >= 0.3 is 0 Å². The second kappa shape index (κ2) is 8.18. The van der Waals surface area contributed by atoms with Gasteiger partial charge in [-0.2, -0.15) is 0 Å². The van der Waals surface area contributed by atoms with Crippen LogP contribution in [0.1, 0.15) is 60.8 Å². The van der Waals surface area contributed by atoms with Crippen LogP contribution in [0.3, 0.4) is 0 Å². The van der Waals surface area contributed by atoms with E-state index in [1.807, 2.05) is 20.9 Å². The molecule has 0 amide bonds. The molecular weight excluding hydrogens is 247 g/mol. The maximum absolute atomic E-state index is 12.5. The van der Waals surface area contributed by atoms with Crippen molar-refractivity contribution in [1.29, 1.82) is 0 Å². The van der Waals surface area contributed by atoms with Gasteiger partial charge in [0.2, 0.25) is 0 Å². The number of Topliss-reactive ketones (excluding diaryl/α,β-unsaturated/α-hetero) is 1. The van der Waals surface area contributed by atoms with Gasteiger partial charge in [-0.05, 0) is 38.6 Å². The summed E-state index contributed by atoms with van der Waals surface area (Å²) in [6.07, 6.45) is 3.07. The van der Waals surface area contributed by atoms with E-state index in [2.05, 4.69) is 45.1 Å². The molecule has 4 heteroatoms. The Morgan fingerprint density at radius 1 is 1.20 bits per heavy atom. The maximum Gasteiger partial charge on any atom is 0.198 e. The lowest BCUT2D eigenvalue weighted by Gasteiger charge is -2.44. The van der Waals surface area contributed by atoms with Gasteiger partial charge in [0.05, 0.1) is 6.04 Å². The molecule has 0 bridgehead atoms. The first-order valence-corrected chi connectivity index (χ1v) is 8.15. The molecule has 0 radical (unpaired) electrons. The van der Waals surface area contributed by atoms with E-state index in [0.29, 0.717) is 5.78 Å². The Bertz CT molecular complexity index is 309. The average molecular weight is 282 g/mol. The molecule has 0 aromatic carbocycles. The molecule has 0 heterocycles. The SMILES string of the molecule is CBNC(C)(CC)CC(C)(CC)C(NC)C(=O)C(C)C. The third kappa shape index (κ3) is 4.89. The molecule has 2 N–H and O–H groups in total. The van der Waals surface area contributed by atoms with Crippen molar-refractivity contribution in [2.45, 2.75) is 79.2 Å². The van der Waals surface area contributed by atoms with E-state index in [9.17, 15) is 4.79 Å². The van der Waals surface area contributed by atoms with Gasteiger partial charge in [-0.1, -0.05) is 41.4 Å². The van der Waals surface area contributed by atoms with Crippen LogP contribution in [-0.4, -0.2) is 31.8 Å². The largest absolute Gasteiger partial charge is 0.354 e. The highest BCUT2D eigenvalue weighted by Crippen LogP contribution is 2.37. The summed E-state index contributed by atoms with van der Waals surface area (Å²) >= 11 is 0. The van der Waals surface area contributed by atoms with Crippen molar-refractivity contribution in [3.8, 4) is 0 Å². The predicted molar refractivity (Wildman–Crippen MR) is 90.6 cm³/mol. The highest BCUT2D eigenvalue weighted by Gasteiger charge is 2.41. The summed E-state index contributed by atoms with van der Waals surface area (Å²) in [5.41, 5.74) is 0.0644. The fourth-order valence-corrected chi connectivity index (χ4v) is 3.23. The Morgan fingerprint density at radius 3 is 2.05 bits per heavy atom. The molecule has 3 atom stereocenters. The highest BCUT2D eigenvalue weighted by atomic mass is 16.1. The minimum atomic E-state index is -0.0722. The number of carbonyl (C=O) groups is 1. The fourth-order valence-electron chi connectivity index (χ4n) is 3.23. The van der Waals surface area contributed by atoms with E-state index in [0.717, 1.165) is 26.7 Å². The highest BCUT2D eigenvalue weighted by molar-refractivity contribution is 6.30. The van der Waals surface area contributed by atoms with E-state index < -0.39 is 0 Å². The summed E-state index contributed by atoms with van der Waals surface area (Å²) in [5, 5.41) is 6.89. The van der Waals surface area contributed by atoms with Gasteiger partial charge in [0.25, 0.3) is 0 Å². The topological polar surface area (TPSA) is 41.1 Å².